The third kappa shape index (κ3) is 3.47. The Bertz CT molecular complexity index is 663. The Kier molecular flexibility index (Phi) is 4.45. The van der Waals surface area contributed by atoms with Gasteiger partial charge in [-0.15, -0.1) is 0 Å². The van der Waals surface area contributed by atoms with Crippen LogP contribution < -0.4 is 10.6 Å². The second-order valence-corrected chi connectivity index (χ2v) is 7.12. The van der Waals surface area contributed by atoms with Crippen LogP contribution in [0.1, 0.15) is 25.1 Å². The highest BCUT2D eigenvalue weighted by Gasteiger charge is 2.20. The van der Waals surface area contributed by atoms with Gasteiger partial charge in [0.1, 0.15) is 0 Å². The summed E-state index contributed by atoms with van der Waals surface area (Å²) in [5.74, 6) is 0. The zero-order chi connectivity index (χ0) is 15.8. The molecule has 0 amide bonds. The zero-order valence-electron chi connectivity index (χ0n) is 13.5. The lowest BCUT2D eigenvalue weighted by Crippen LogP contribution is -2.26. The van der Waals surface area contributed by atoms with Crippen LogP contribution in [0.3, 0.4) is 0 Å². The van der Waals surface area contributed by atoms with Crippen molar-refractivity contribution in [3.63, 3.8) is 0 Å². The second-order valence-electron chi connectivity index (χ2n) is 6.68. The van der Waals surface area contributed by atoms with Crippen LogP contribution in [0.5, 0.6) is 0 Å². The van der Waals surface area contributed by atoms with Gasteiger partial charge in [0.2, 0.25) is 0 Å². The van der Waals surface area contributed by atoms with Crippen molar-refractivity contribution in [1.29, 1.82) is 0 Å². The van der Waals surface area contributed by atoms with Crippen molar-refractivity contribution in [2.75, 3.05) is 25.5 Å². The zero-order valence-corrected chi connectivity index (χ0v) is 14.3. The third-order valence-electron chi connectivity index (χ3n) is 3.77. The van der Waals surface area contributed by atoms with Gasteiger partial charge in [-0.3, -0.25) is 4.98 Å². The number of fused-ring (bicyclic) bond motifs is 1. The molecule has 2 rings (SSSR count). The van der Waals surface area contributed by atoms with Crippen LogP contribution in [0.25, 0.3) is 10.9 Å². The van der Waals surface area contributed by atoms with Crippen molar-refractivity contribution in [2.24, 2.45) is 11.1 Å². The number of benzene rings is 1. The molecule has 2 N–H and O–H groups in total. The predicted octanol–water partition coefficient (Wildman–Crippen LogP) is 3.79. The van der Waals surface area contributed by atoms with Gasteiger partial charge in [-0.05, 0) is 49.1 Å². The lowest BCUT2D eigenvalue weighted by Gasteiger charge is -2.24. The molecular formula is C17H24ClN3. The van der Waals surface area contributed by atoms with Crippen LogP contribution in [-0.2, 0) is 6.42 Å². The molecule has 1 aromatic carbocycles. The molecule has 0 saturated carbocycles. The molecule has 0 bridgehead atoms. The van der Waals surface area contributed by atoms with Crippen LogP contribution in [0.2, 0.25) is 5.02 Å². The molecule has 1 aromatic heterocycles. The molecule has 21 heavy (non-hydrogen) atoms. The lowest BCUT2D eigenvalue weighted by atomic mass is 9.85. The normalized spacial score (nSPS) is 12.0. The van der Waals surface area contributed by atoms with Crippen LogP contribution in [0.15, 0.2) is 18.2 Å². The molecule has 0 atom stereocenters. The summed E-state index contributed by atoms with van der Waals surface area (Å²) < 4.78 is 0. The first kappa shape index (κ1) is 16.1. The summed E-state index contributed by atoms with van der Waals surface area (Å²) in [5, 5.41) is 1.85. The van der Waals surface area contributed by atoms with E-state index in [2.05, 4.69) is 24.8 Å². The van der Waals surface area contributed by atoms with E-state index in [1.165, 1.54) is 5.56 Å². The van der Waals surface area contributed by atoms with Crippen molar-refractivity contribution in [1.82, 2.24) is 4.98 Å². The minimum absolute atomic E-state index is 0.0291. The number of nitrogens with zero attached hydrogens (tertiary/aromatic N) is 2. The molecule has 1 heterocycles. The van der Waals surface area contributed by atoms with E-state index in [1.54, 1.807) is 0 Å². The van der Waals surface area contributed by atoms with Gasteiger partial charge in [0.25, 0.3) is 0 Å². The van der Waals surface area contributed by atoms with Gasteiger partial charge in [0, 0.05) is 35.9 Å². The number of hydrogen-bond acceptors (Lipinski definition) is 3. The van der Waals surface area contributed by atoms with Gasteiger partial charge in [-0.1, -0.05) is 25.4 Å². The van der Waals surface area contributed by atoms with Crippen LogP contribution in [0, 0.1) is 12.3 Å². The van der Waals surface area contributed by atoms with Gasteiger partial charge in [-0.25, -0.2) is 0 Å². The first-order valence-corrected chi connectivity index (χ1v) is 7.58. The highest BCUT2D eigenvalue weighted by molar-refractivity contribution is 6.31. The van der Waals surface area contributed by atoms with Crippen molar-refractivity contribution >= 4 is 28.2 Å². The highest BCUT2D eigenvalue weighted by atomic mass is 35.5. The van der Waals surface area contributed by atoms with Gasteiger partial charge >= 0.3 is 0 Å². The summed E-state index contributed by atoms with van der Waals surface area (Å²) in [5.41, 5.74) is 10.3. The molecule has 0 saturated heterocycles. The number of hydrogen-bond donors (Lipinski definition) is 1. The Morgan fingerprint density at radius 3 is 2.48 bits per heavy atom. The Labute approximate surface area is 132 Å². The van der Waals surface area contributed by atoms with E-state index in [0.717, 1.165) is 33.7 Å². The highest BCUT2D eigenvalue weighted by Crippen LogP contribution is 2.33. The number of anilines is 1. The largest absolute Gasteiger partial charge is 0.377 e. The van der Waals surface area contributed by atoms with Crippen LogP contribution >= 0.6 is 11.6 Å². The summed E-state index contributed by atoms with van der Waals surface area (Å²) in [6.45, 7) is 7.00. The molecule has 3 nitrogen and oxygen atoms in total. The number of aryl methyl sites for hydroxylation is 1. The molecule has 0 aliphatic carbocycles. The first-order valence-electron chi connectivity index (χ1n) is 7.21. The summed E-state index contributed by atoms with van der Waals surface area (Å²) in [7, 11) is 4.08. The minimum atomic E-state index is 0.0291. The van der Waals surface area contributed by atoms with Crippen molar-refractivity contribution in [3.8, 4) is 0 Å². The summed E-state index contributed by atoms with van der Waals surface area (Å²) in [6.07, 6.45) is 0.865. The summed E-state index contributed by atoms with van der Waals surface area (Å²) in [4.78, 5) is 6.85. The topological polar surface area (TPSA) is 42.1 Å². The lowest BCUT2D eigenvalue weighted by molar-refractivity contribution is 0.378. The quantitative estimate of drug-likeness (QED) is 0.934. The van der Waals surface area contributed by atoms with Crippen LogP contribution in [-0.4, -0.2) is 25.6 Å². The number of pyridine rings is 1. The van der Waals surface area contributed by atoms with Gasteiger partial charge in [-0.2, -0.15) is 0 Å². The fourth-order valence-corrected chi connectivity index (χ4v) is 2.80. The molecule has 0 aliphatic rings. The van der Waals surface area contributed by atoms with E-state index in [1.807, 2.05) is 33.2 Å². The Morgan fingerprint density at radius 2 is 1.90 bits per heavy atom. The Morgan fingerprint density at radius 1 is 1.24 bits per heavy atom. The van der Waals surface area contributed by atoms with E-state index in [9.17, 15) is 0 Å². The smallest absolute Gasteiger partial charge is 0.0759 e. The maximum atomic E-state index is 6.33. The fourth-order valence-electron chi connectivity index (χ4n) is 2.56. The molecule has 0 unspecified atom stereocenters. The monoisotopic (exact) mass is 305 g/mol. The Hall–Kier alpha value is -1.32. The molecule has 4 heteroatoms. The predicted molar refractivity (Wildman–Crippen MR) is 92.4 cm³/mol. The standard InChI is InChI=1S/C17H24ClN3/c1-11-6-15(21(4)5)14-8-13(18)7-12(16(14)20-11)9-17(2,3)10-19/h6-8H,9-10,19H2,1-5H3. The molecule has 0 aliphatic heterocycles. The van der Waals surface area contributed by atoms with E-state index >= 15 is 0 Å². The molecule has 0 fully saturated rings. The second kappa shape index (κ2) is 5.82. The van der Waals surface area contributed by atoms with Gasteiger partial charge < -0.3 is 10.6 Å². The van der Waals surface area contributed by atoms with Crippen molar-refractivity contribution in [3.05, 3.63) is 34.5 Å². The first-order chi connectivity index (χ1) is 9.73. The molecule has 0 spiro atoms. The number of halogens is 1. The maximum Gasteiger partial charge on any atom is 0.0759 e. The van der Waals surface area contributed by atoms with E-state index in [4.69, 9.17) is 22.3 Å². The van der Waals surface area contributed by atoms with Gasteiger partial charge in [0.05, 0.1) is 5.52 Å². The molecular weight excluding hydrogens is 282 g/mol. The number of aromatic nitrogens is 1. The van der Waals surface area contributed by atoms with Crippen molar-refractivity contribution in [2.45, 2.75) is 27.2 Å². The van der Waals surface area contributed by atoms with Gasteiger partial charge in [0.15, 0.2) is 0 Å². The molecule has 114 valence electrons. The fraction of sp³-hybridized carbons (Fsp3) is 0.471. The Balaban J connectivity index is 2.71. The summed E-state index contributed by atoms with van der Waals surface area (Å²) in [6, 6.07) is 6.11. The maximum absolute atomic E-state index is 6.33. The average molecular weight is 306 g/mol. The summed E-state index contributed by atoms with van der Waals surface area (Å²) >= 11 is 6.33. The molecule has 0 radical (unpaired) electrons. The average Bonchev–Trinajstić information content (AvgIpc) is 2.38. The number of rotatable bonds is 4. The SMILES string of the molecule is Cc1cc(N(C)C)c2cc(Cl)cc(CC(C)(C)CN)c2n1. The van der Waals surface area contributed by atoms with E-state index in [0.29, 0.717) is 6.54 Å². The van der Waals surface area contributed by atoms with E-state index < -0.39 is 0 Å². The van der Waals surface area contributed by atoms with E-state index in [-0.39, 0.29) is 5.41 Å². The van der Waals surface area contributed by atoms with Crippen LogP contribution in [0.4, 0.5) is 5.69 Å². The molecule has 2 aromatic rings. The number of nitrogens with two attached hydrogens (primary N) is 1. The third-order valence-corrected chi connectivity index (χ3v) is 3.98. The minimum Gasteiger partial charge on any atom is -0.377 e. The van der Waals surface area contributed by atoms with Crippen molar-refractivity contribution < 1.29 is 0 Å².